The number of amides is 1. The number of benzene rings is 2. The predicted octanol–water partition coefficient (Wildman–Crippen LogP) is 4.99. The average molecular weight is 464 g/mol. The van der Waals surface area contributed by atoms with Crippen molar-refractivity contribution < 1.29 is 9.18 Å². The van der Waals surface area contributed by atoms with Gasteiger partial charge in [-0.25, -0.2) is 4.39 Å². The van der Waals surface area contributed by atoms with Gasteiger partial charge in [0.15, 0.2) is 5.16 Å². The Kier molecular flexibility index (Phi) is 5.86. The lowest BCUT2D eigenvalue weighted by Gasteiger charge is -2.28. The van der Waals surface area contributed by atoms with Gasteiger partial charge in [-0.1, -0.05) is 65.3 Å². The first kappa shape index (κ1) is 20.9. The van der Waals surface area contributed by atoms with Crippen molar-refractivity contribution in [3.63, 3.8) is 0 Å². The number of aromatic nitrogens is 2. The van der Waals surface area contributed by atoms with Crippen molar-refractivity contribution in [1.82, 2.24) is 9.55 Å². The molecule has 0 aliphatic carbocycles. The maximum Gasteiger partial charge on any atom is 0.279 e. The van der Waals surface area contributed by atoms with E-state index >= 15 is 0 Å². The Morgan fingerprint density at radius 1 is 1.20 bits per heavy atom. The van der Waals surface area contributed by atoms with E-state index in [1.165, 1.54) is 17.8 Å². The predicted molar refractivity (Wildman–Crippen MR) is 117 cm³/mol. The molecule has 9 heteroatoms. The van der Waals surface area contributed by atoms with Crippen LogP contribution in [0, 0.1) is 5.82 Å². The highest BCUT2D eigenvalue weighted by molar-refractivity contribution is 7.98. The fourth-order valence-electron chi connectivity index (χ4n) is 3.48. The molecule has 1 unspecified atom stereocenters. The van der Waals surface area contributed by atoms with Crippen LogP contribution in [-0.4, -0.2) is 15.5 Å². The molecular formula is C21H16Cl2FN3O2S. The summed E-state index contributed by atoms with van der Waals surface area (Å²) in [7, 11) is 1.71. The lowest BCUT2D eigenvalue weighted by atomic mass is 9.86. The maximum atomic E-state index is 13.9. The minimum atomic E-state index is -0.559. The van der Waals surface area contributed by atoms with Gasteiger partial charge in [0.05, 0.1) is 15.6 Å². The van der Waals surface area contributed by atoms with Crippen LogP contribution in [0.3, 0.4) is 0 Å². The summed E-state index contributed by atoms with van der Waals surface area (Å²) in [5.74, 6) is -0.463. The molecule has 1 amide bonds. The quantitative estimate of drug-likeness (QED) is 0.437. The van der Waals surface area contributed by atoms with Crippen molar-refractivity contribution in [2.45, 2.75) is 23.2 Å². The number of halogens is 3. The first-order chi connectivity index (χ1) is 14.4. The second kappa shape index (κ2) is 8.41. The molecule has 0 fully saturated rings. The van der Waals surface area contributed by atoms with Crippen LogP contribution >= 0.6 is 35.0 Å². The van der Waals surface area contributed by atoms with Crippen molar-refractivity contribution in [3.05, 3.63) is 85.4 Å². The Morgan fingerprint density at radius 3 is 2.73 bits per heavy atom. The molecule has 3 aromatic rings. The fourth-order valence-corrected chi connectivity index (χ4v) is 4.87. The summed E-state index contributed by atoms with van der Waals surface area (Å²) in [6.07, 6.45) is 0.0612. The SMILES string of the molecule is Cn1c(SCc2ccccc2F)nc(=O)c2c1NC(=O)CC2c1cccc(Cl)c1Cl. The maximum absolute atomic E-state index is 13.9. The van der Waals surface area contributed by atoms with E-state index < -0.39 is 11.5 Å². The number of carbonyl (C=O) groups is 1. The van der Waals surface area contributed by atoms with Crippen molar-refractivity contribution in [3.8, 4) is 0 Å². The minimum absolute atomic E-state index is 0.0612. The topological polar surface area (TPSA) is 64.0 Å². The van der Waals surface area contributed by atoms with Gasteiger partial charge in [0.1, 0.15) is 11.6 Å². The van der Waals surface area contributed by atoms with Crippen molar-refractivity contribution in [1.29, 1.82) is 0 Å². The molecular weight excluding hydrogens is 448 g/mol. The van der Waals surface area contributed by atoms with E-state index in [-0.39, 0.29) is 18.1 Å². The summed E-state index contributed by atoms with van der Waals surface area (Å²) >= 11 is 13.7. The van der Waals surface area contributed by atoms with Crippen molar-refractivity contribution >= 4 is 46.7 Å². The zero-order valence-corrected chi connectivity index (χ0v) is 18.1. The third-order valence-corrected chi connectivity index (χ3v) is 6.88. The average Bonchev–Trinajstić information content (AvgIpc) is 2.72. The van der Waals surface area contributed by atoms with E-state index in [1.54, 1.807) is 48.0 Å². The molecule has 4 rings (SSSR count). The zero-order chi connectivity index (χ0) is 21.4. The van der Waals surface area contributed by atoms with Gasteiger partial charge in [0.2, 0.25) is 5.91 Å². The highest BCUT2D eigenvalue weighted by Gasteiger charge is 2.33. The largest absolute Gasteiger partial charge is 0.312 e. The summed E-state index contributed by atoms with van der Waals surface area (Å²) < 4.78 is 15.6. The molecule has 0 saturated heterocycles. The Morgan fingerprint density at radius 2 is 1.97 bits per heavy atom. The van der Waals surface area contributed by atoms with E-state index in [4.69, 9.17) is 23.2 Å². The highest BCUT2D eigenvalue weighted by Crippen LogP contribution is 2.40. The lowest BCUT2D eigenvalue weighted by molar-refractivity contribution is -0.116. The van der Waals surface area contributed by atoms with E-state index in [1.807, 2.05) is 0 Å². The Bertz CT molecular complexity index is 1220. The third kappa shape index (κ3) is 3.85. The molecule has 5 nitrogen and oxygen atoms in total. The van der Waals surface area contributed by atoms with Crippen LogP contribution in [0.1, 0.15) is 29.0 Å². The molecule has 1 atom stereocenters. The van der Waals surface area contributed by atoms with E-state index in [0.29, 0.717) is 43.5 Å². The number of thioether (sulfide) groups is 1. The van der Waals surface area contributed by atoms with Gasteiger partial charge < -0.3 is 9.88 Å². The molecule has 1 aliphatic heterocycles. The van der Waals surface area contributed by atoms with Gasteiger partial charge in [0.25, 0.3) is 5.56 Å². The number of nitrogens with one attached hydrogen (secondary N) is 1. The number of fused-ring (bicyclic) bond motifs is 1. The van der Waals surface area contributed by atoms with Gasteiger partial charge in [-0.2, -0.15) is 4.98 Å². The van der Waals surface area contributed by atoms with Gasteiger partial charge in [0, 0.05) is 25.1 Å². The van der Waals surface area contributed by atoms with Crippen LogP contribution in [-0.2, 0) is 17.6 Å². The van der Waals surface area contributed by atoms with Crippen LogP contribution in [0.2, 0.25) is 10.0 Å². The van der Waals surface area contributed by atoms with Gasteiger partial charge >= 0.3 is 0 Å². The zero-order valence-electron chi connectivity index (χ0n) is 15.8. The Labute approximate surface area is 186 Å². The molecule has 0 saturated carbocycles. The summed E-state index contributed by atoms with van der Waals surface area (Å²) in [5.41, 5.74) is 1.00. The van der Waals surface area contributed by atoms with E-state index in [0.717, 1.165) is 0 Å². The van der Waals surface area contributed by atoms with Crippen LogP contribution in [0.25, 0.3) is 0 Å². The van der Waals surface area contributed by atoms with Crippen molar-refractivity contribution in [2.24, 2.45) is 7.05 Å². The third-order valence-electron chi connectivity index (χ3n) is 4.97. The molecule has 1 aliphatic rings. The van der Waals surface area contributed by atoms with Crippen LogP contribution in [0.5, 0.6) is 0 Å². The summed E-state index contributed by atoms with van der Waals surface area (Å²) in [5, 5.41) is 3.81. The summed E-state index contributed by atoms with van der Waals surface area (Å²) in [4.78, 5) is 29.6. The molecule has 0 bridgehead atoms. The van der Waals surface area contributed by atoms with Crippen LogP contribution in [0.4, 0.5) is 10.2 Å². The van der Waals surface area contributed by atoms with Crippen LogP contribution in [0.15, 0.2) is 52.4 Å². The summed E-state index contributed by atoms with van der Waals surface area (Å²) in [6, 6.07) is 11.6. The fraction of sp³-hybridized carbons (Fsp3) is 0.190. The first-order valence-electron chi connectivity index (χ1n) is 9.07. The van der Waals surface area contributed by atoms with Gasteiger partial charge in [-0.15, -0.1) is 0 Å². The van der Waals surface area contributed by atoms with E-state index in [9.17, 15) is 14.0 Å². The Hall–Kier alpha value is -2.35. The number of anilines is 1. The number of hydrogen-bond acceptors (Lipinski definition) is 4. The number of hydrogen-bond donors (Lipinski definition) is 1. The number of carbonyl (C=O) groups excluding carboxylic acids is 1. The van der Waals surface area contributed by atoms with Gasteiger partial charge in [-0.3, -0.25) is 9.59 Å². The smallest absolute Gasteiger partial charge is 0.279 e. The number of rotatable bonds is 4. The molecule has 0 radical (unpaired) electrons. The molecule has 154 valence electrons. The molecule has 0 spiro atoms. The molecule has 30 heavy (non-hydrogen) atoms. The molecule has 2 heterocycles. The second-order valence-electron chi connectivity index (χ2n) is 6.85. The molecule has 1 N–H and O–H groups in total. The molecule has 1 aromatic heterocycles. The van der Waals surface area contributed by atoms with Crippen molar-refractivity contribution in [2.75, 3.05) is 5.32 Å². The molecule has 2 aromatic carbocycles. The number of nitrogens with zero attached hydrogens (tertiary/aromatic N) is 2. The monoisotopic (exact) mass is 463 g/mol. The lowest BCUT2D eigenvalue weighted by Crippen LogP contribution is -2.33. The van der Waals surface area contributed by atoms with E-state index in [2.05, 4.69) is 10.3 Å². The second-order valence-corrected chi connectivity index (χ2v) is 8.58. The standard InChI is InChI=1S/C21H16Cl2FN3O2S/c1-27-19-17(13(9-16(28)25-19)12-6-4-7-14(22)18(12)23)20(29)26-21(27)30-10-11-5-2-3-8-15(11)24/h2-8,13H,9-10H2,1H3,(H,25,28). The van der Waals surface area contributed by atoms with Gasteiger partial charge in [-0.05, 0) is 23.3 Å². The highest BCUT2D eigenvalue weighted by atomic mass is 35.5. The van der Waals surface area contributed by atoms with Crippen LogP contribution < -0.4 is 10.9 Å². The Balaban J connectivity index is 1.76. The summed E-state index contributed by atoms with van der Waals surface area (Å²) in [6.45, 7) is 0. The first-order valence-corrected chi connectivity index (χ1v) is 10.8. The minimum Gasteiger partial charge on any atom is -0.312 e. The normalized spacial score (nSPS) is 15.6.